The summed E-state index contributed by atoms with van der Waals surface area (Å²) in [5, 5.41) is 0. The van der Waals surface area contributed by atoms with E-state index >= 15 is 0 Å². The van der Waals surface area contributed by atoms with E-state index in [2.05, 4.69) is 20.8 Å². The molecule has 0 bridgehead atoms. The molecule has 0 aromatic heterocycles. The van der Waals surface area contributed by atoms with Gasteiger partial charge in [-0.3, -0.25) is 4.79 Å². The fourth-order valence-corrected chi connectivity index (χ4v) is 1.58. The number of carbonyl (C=O) groups excluding carboxylic acids is 1. The van der Waals surface area contributed by atoms with Gasteiger partial charge in [-0.05, 0) is 17.4 Å². The van der Waals surface area contributed by atoms with Crippen LogP contribution in [0.5, 0.6) is 0 Å². The van der Waals surface area contributed by atoms with E-state index in [0.717, 1.165) is 5.56 Å². The quantitative estimate of drug-likeness (QED) is 0.816. The Morgan fingerprint density at radius 3 is 2.41 bits per heavy atom. The third kappa shape index (κ3) is 5.50. The minimum atomic E-state index is -0.543. The maximum atomic E-state index is 11.6. The van der Waals surface area contributed by atoms with Crippen LogP contribution in [0.1, 0.15) is 32.8 Å². The molecule has 0 aliphatic heterocycles. The van der Waals surface area contributed by atoms with Crippen LogP contribution in [0.2, 0.25) is 0 Å². The Balaban J connectivity index is 2.40. The van der Waals surface area contributed by atoms with Crippen molar-refractivity contribution in [1.29, 1.82) is 0 Å². The lowest BCUT2D eigenvalue weighted by Crippen LogP contribution is -2.35. The predicted molar refractivity (Wildman–Crippen MR) is 68.3 cm³/mol. The van der Waals surface area contributed by atoms with Crippen molar-refractivity contribution >= 4 is 5.97 Å². The first-order valence-electron chi connectivity index (χ1n) is 5.84. The van der Waals surface area contributed by atoms with E-state index in [4.69, 9.17) is 10.5 Å². The van der Waals surface area contributed by atoms with Crippen molar-refractivity contribution < 1.29 is 9.53 Å². The highest BCUT2D eigenvalue weighted by molar-refractivity contribution is 5.75. The minimum Gasteiger partial charge on any atom is -0.460 e. The zero-order chi connectivity index (χ0) is 12.9. The number of ether oxygens (including phenoxy) is 1. The molecule has 1 rings (SSSR count). The number of hydrogen-bond donors (Lipinski definition) is 1. The third-order valence-corrected chi connectivity index (χ3v) is 2.36. The molecule has 0 amide bonds. The number of carbonyl (C=O) groups is 1. The fraction of sp³-hybridized carbons (Fsp3) is 0.500. The number of benzene rings is 1. The Bertz CT molecular complexity index is 354. The Labute approximate surface area is 103 Å². The van der Waals surface area contributed by atoms with Gasteiger partial charge in [0.1, 0.15) is 12.6 Å². The SMILES string of the molecule is CC(C)(C)CC(N)C(=O)OCc1ccccc1. The molecular formula is C14H21NO2. The lowest BCUT2D eigenvalue weighted by Gasteiger charge is -2.21. The zero-order valence-corrected chi connectivity index (χ0v) is 10.8. The molecule has 0 saturated carbocycles. The van der Waals surface area contributed by atoms with Crippen molar-refractivity contribution in [1.82, 2.24) is 0 Å². The number of esters is 1. The molecule has 94 valence electrons. The van der Waals surface area contributed by atoms with E-state index in [1.165, 1.54) is 0 Å². The van der Waals surface area contributed by atoms with E-state index in [0.29, 0.717) is 6.42 Å². The minimum absolute atomic E-state index is 0.0329. The molecule has 3 heteroatoms. The van der Waals surface area contributed by atoms with Crippen LogP contribution in [0.15, 0.2) is 30.3 Å². The van der Waals surface area contributed by atoms with Crippen molar-refractivity contribution in [2.75, 3.05) is 0 Å². The molecule has 0 aliphatic carbocycles. The highest BCUT2D eigenvalue weighted by Crippen LogP contribution is 2.20. The molecule has 1 aromatic rings. The molecule has 1 aromatic carbocycles. The van der Waals surface area contributed by atoms with Gasteiger partial charge < -0.3 is 10.5 Å². The Morgan fingerprint density at radius 2 is 1.88 bits per heavy atom. The molecule has 0 radical (unpaired) electrons. The summed E-state index contributed by atoms with van der Waals surface area (Å²) in [7, 11) is 0. The van der Waals surface area contributed by atoms with Crippen molar-refractivity contribution in [2.24, 2.45) is 11.1 Å². The summed E-state index contributed by atoms with van der Waals surface area (Å²) < 4.78 is 5.17. The van der Waals surface area contributed by atoms with Gasteiger partial charge in [-0.25, -0.2) is 0 Å². The largest absolute Gasteiger partial charge is 0.460 e. The summed E-state index contributed by atoms with van der Waals surface area (Å²) >= 11 is 0. The Kier molecular flexibility index (Phi) is 4.70. The lowest BCUT2D eigenvalue weighted by molar-refractivity contribution is -0.147. The van der Waals surface area contributed by atoms with E-state index < -0.39 is 6.04 Å². The monoisotopic (exact) mass is 235 g/mol. The first-order valence-corrected chi connectivity index (χ1v) is 5.84. The van der Waals surface area contributed by atoms with E-state index in [1.807, 2.05) is 30.3 Å². The van der Waals surface area contributed by atoms with Crippen LogP contribution in [-0.4, -0.2) is 12.0 Å². The molecule has 0 heterocycles. The fourth-order valence-electron chi connectivity index (χ4n) is 1.58. The molecule has 17 heavy (non-hydrogen) atoms. The van der Waals surface area contributed by atoms with Crippen molar-refractivity contribution in [3.63, 3.8) is 0 Å². The molecule has 2 N–H and O–H groups in total. The van der Waals surface area contributed by atoms with Crippen LogP contribution in [-0.2, 0) is 16.1 Å². The van der Waals surface area contributed by atoms with Crippen LogP contribution in [0, 0.1) is 5.41 Å². The molecule has 3 nitrogen and oxygen atoms in total. The van der Waals surface area contributed by atoms with Gasteiger partial charge >= 0.3 is 5.97 Å². The average molecular weight is 235 g/mol. The van der Waals surface area contributed by atoms with E-state index in [1.54, 1.807) is 0 Å². The van der Waals surface area contributed by atoms with Crippen molar-refractivity contribution in [2.45, 2.75) is 39.8 Å². The number of rotatable bonds is 4. The van der Waals surface area contributed by atoms with Crippen LogP contribution in [0.25, 0.3) is 0 Å². The lowest BCUT2D eigenvalue weighted by atomic mass is 9.88. The van der Waals surface area contributed by atoms with Gasteiger partial charge in [0.2, 0.25) is 0 Å². The zero-order valence-electron chi connectivity index (χ0n) is 10.8. The highest BCUT2D eigenvalue weighted by atomic mass is 16.5. The summed E-state index contributed by atoms with van der Waals surface area (Å²) in [6, 6.07) is 9.05. The normalized spacial score (nSPS) is 13.2. The van der Waals surface area contributed by atoms with Crippen molar-refractivity contribution in [3.8, 4) is 0 Å². The summed E-state index contributed by atoms with van der Waals surface area (Å²) in [4.78, 5) is 11.6. The summed E-state index contributed by atoms with van der Waals surface area (Å²) in [6.45, 7) is 6.45. The van der Waals surface area contributed by atoms with Gasteiger partial charge in [-0.1, -0.05) is 51.1 Å². The molecule has 1 atom stereocenters. The molecule has 0 fully saturated rings. The molecule has 0 saturated heterocycles. The molecular weight excluding hydrogens is 214 g/mol. The van der Waals surface area contributed by atoms with Crippen LogP contribution >= 0.6 is 0 Å². The Hall–Kier alpha value is -1.35. The van der Waals surface area contributed by atoms with Gasteiger partial charge in [0.05, 0.1) is 0 Å². The molecule has 0 aliphatic rings. The summed E-state index contributed by atoms with van der Waals surface area (Å²) in [6.07, 6.45) is 0.626. The van der Waals surface area contributed by atoms with Gasteiger partial charge in [-0.2, -0.15) is 0 Å². The number of hydrogen-bond acceptors (Lipinski definition) is 3. The van der Waals surface area contributed by atoms with Crippen LogP contribution < -0.4 is 5.73 Å². The second-order valence-electron chi connectivity index (χ2n) is 5.46. The molecule has 0 spiro atoms. The summed E-state index contributed by atoms with van der Waals surface area (Å²) in [5.41, 5.74) is 6.80. The second kappa shape index (κ2) is 5.82. The van der Waals surface area contributed by atoms with E-state index in [-0.39, 0.29) is 18.0 Å². The maximum absolute atomic E-state index is 11.6. The van der Waals surface area contributed by atoms with Gasteiger partial charge in [0.15, 0.2) is 0 Å². The highest BCUT2D eigenvalue weighted by Gasteiger charge is 2.22. The van der Waals surface area contributed by atoms with Gasteiger partial charge in [0.25, 0.3) is 0 Å². The van der Waals surface area contributed by atoms with Crippen molar-refractivity contribution in [3.05, 3.63) is 35.9 Å². The second-order valence-corrected chi connectivity index (χ2v) is 5.46. The number of nitrogens with two attached hydrogens (primary N) is 1. The maximum Gasteiger partial charge on any atom is 0.323 e. The third-order valence-electron chi connectivity index (χ3n) is 2.36. The predicted octanol–water partition coefficient (Wildman–Crippen LogP) is 2.49. The summed E-state index contributed by atoms with van der Waals surface area (Å²) in [5.74, 6) is -0.330. The van der Waals surface area contributed by atoms with Gasteiger partial charge in [0, 0.05) is 0 Å². The Morgan fingerprint density at radius 1 is 1.29 bits per heavy atom. The van der Waals surface area contributed by atoms with E-state index in [9.17, 15) is 4.79 Å². The first kappa shape index (κ1) is 13.7. The first-order chi connectivity index (χ1) is 7.88. The van der Waals surface area contributed by atoms with Crippen LogP contribution in [0.4, 0.5) is 0 Å². The standard InChI is InChI=1S/C14H21NO2/c1-14(2,3)9-12(15)13(16)17-10-11-7-5-4-6-8-11/h4-8,12H,9-10,15H2,1-3H3. The van der Waals surface area contributed by atoms with Crippen LogP contribution in [0.3, 0.4) is 0 Å². The molecule has 1 unspecified atom stereocenters. The van der Waals surface area contributed by atoms with Gasteiger partial charge in [-0.15, -0.1) is 0 Å². The smallest absolute Gasteiger partial charge is 0.323 e. The average Bonchev–Trinajstić information content (AvgIpc) is 2.25. The topological polar surface area (TPSA) is 52.3 Å².